The number of aromatic carboxylic acids is 3. The van der Waals surface area contributed by atoms with E-state index in [-0.39, 0.29) is 156 Å². The summed E-state index contributed by atoms with van der Waals surface area (Å²) in [5.41, 5.74) is -0.373. The molecule has 0 aromatic carbocycles. The number of esters is 4. The van der Waals surface area contributed by atoms with Crippen LogP contribution in [0.4, 0.5) is 0 Å². The molecule has 6 heterocycles. The monoisotopic (exact) mass is 1870 g/mol. The number of aromatic nitrogens is 3. The van der Waals surface area contributed by atoms with E-state index in [9.17, 15) is 82.8 Å². The van der Waals surface area contributed by atoms with E-state index in [2.05, 4.69) is 51.7 Å². The van der Waals surface area contributed by atoms with Gasteiger partial charge in [0.1, 0.15) is 39.3 Å². The number of hydrogen-bond acceptors (Lipinski definition) is 28. The zero-order chi connectivity index (χ0) is 96.1. The van der Waals surface area contributed by atoms with Crippen LogP contribution in [0.2, 0.25) is 18.1 Å². The minimum Gasteiger partial charge on any atom is -0.476 e. The van der Waals surface area contributed by atoms with Crippen molar-refractivity contribution >= 4 is 120 Å². The van der Waals surface area contributed by atoms with Gasteiger partial charge in [-0.3, -0.25) is 62.6 Å². The van der Waals surface area contributed by atoms with Crippen molar-refractivity contribution in [3.63, 3.8) is 0 Å². The van der Waals surface area contributed by atoms with E-state index >= 15 is 0 Å². The second-order valence-corrected chi connectivity index (χ2v) is 42.7. The minimum atomic E-state index is -2.21. The lowest BCUT2D eigenvalue weighted by Crippen LogP contribution is -2.59. The molecule has 3 unspecified atom stereocenters. The average Bonchev–Trinajstić information content (AvgIpc) is 1.20. The van der Waals surface area contributed by atoms with E-state index in [1.165, 1.54) is 51.1 Å². The number of aliphatic hydroxyl groups is 1. The van der Waals surface area contributed by atoms with Crippen LogP contribution < -0.4 is 16.0 Å². The Kier molecular flexibility index (Phi) is 49.2. The van der Waals surface area contributed by atoms with Gasteiger partial charge in [0.05, 0.1) is 24.2 Å². The summed E-state index contributed by atoms with van der Waals surface area (Å²) in [6, 6.07) is -2.54. The van der Waals surface area contributed by atoms with Crippen molar-refractivity contribution in [2.75, 3.05) is 61.0 Å². The van der Waals surface area contributed by atoms with Crippen LogP contribution in [0.3, 0.4) is 0 Å². The molecule has 0 spiro atoms. The average molecular weight is 1880 g/mol. The number of ether oxygens (including phenoxy) is 4. The van der Waals surface area contributed by atoms with Crippen LogP contribution in [0.15, 0.2) is 16.1 Å². The normalized spacial score (nSPS) is 18.6. The maximum Gasteiger partial charge on any atom is 0.355 e. The number of carboxylic acids is 3. The Morgan fingerprint density at radius 1 is 0.445 bits per heavy atom. The molecule has 6 amide bonds. The highest BCUT2D eigenvalue weighted by molar-refractivity contribution is 7.10. The molecule has 3 saturated heterocycles. The van der Waals surface area contributed by atoms with Crippen LogP contribution in [0.1, 0.15) is 318 Å². The fourth-order valence-corrected chi connectivity index (χ4v) is 21.4. The standard InChI is InChI=1S/C32H56N4O7SSi.C30H48N4O8S.C28H46N4O7S/c1-10-22(7)28(34-29(38)25-16-14-15-17-35(25)9)31(39)36(20-42-23(8)37)26(21(5)6)18-27(43-45(11-2,12-3)13-4)30-33-24(19-44-30)32(40)41;1-8-12-25(36)41-17-34(29(38)26(19(5)9-2)32-27(37)22-13-10-11-14-33(22)7)23(18(3)4)15-24(42-20(6)35)28-31-21(16-43-28)30(39)40;1-7-11-23(34)39-16-32(21(17(3)4)14-22(33)26-29-19(15-40-26)28(37)38)27(36)24(18(5)8-2)30-25(35)20-12-9-10-13-31(20)6/h19,21-22,25-28H,10-18,20H2,1-9H3,(H,34,38)(H,40,41);16,18-19,22-24,26H,8-15,17H2,1-7H3,(H,32,37)(H,39,40);15,17-18,20-22,24,33H,7-14,16H2,1-6H3,(H,30,35)(H,37,38)/t22?,25-,26-,27-,28+;19?,22-,23-,24-,26+;18?,20-,21-,22-,24+/m111/s1. The molecule has 34 nitrogen and oxygen atoms in total. The summed E-state index contributed by atoms with van der Waals surface area (Å²) in [5.74, 6) is -8.27. The molecular weight excluding hydrogens is 1730 g/mol. The number of nitrogens with one attached hydrogen (secondary N) is 3. The Morgan fingerprint density at radius 3 is 1.03 bits per heavy atom. The number of carbonyl (C=O) groups excluding carboxylic acids is 10. The summed E-state index contributed by atoms with van der Waals surface area (Å²) >= 11 is 3.32. The predicted molar refractivity (Wildman–Crippen MR) is 491 cm³/mol. The number of rotatable bonds is 49. The smallest absolute Gasteiger partial charge is 0.355 e. The number of aliphatic hydroxyl groups excluding tert-OH is 1. The van der Waals surface area contributed by atoms with Gasteiger partial charge in [-0.15, -0.1) is 34.0 Å². The molecule has 0 aliphatic carbocycles. The van der Waals surface area contributed by atoms with E-state index < -0.39 is 111 Å². The van der Waals surface area contributed by atoms with Crippen LogP contribution in [0.25, 0.3) is 0 Å². The Balaban J connectivity index is 0.000000403. The number of amides is 6. The van der Waals surface area contributed by atoms with Gasteiger partial charge < -0.3 is 74.4 Å². The molecule has 15 atom stereocenters. The minimum absolute atomic E-state index is 0.0402. The molecule has 38 heteroatoms. The maximum absolute atomic E-state index is 14.6. The van der Waals surface area contributed by atoms with Crippen LogP contribution in [0.5, 0.6) is 0 Å². The van der Waals surface area contributed by atoms with Gasteiger partial charge in [-0.05, 0) is 152 Å². The topological polar surface area (TPSA) is 443 Å². The molecule has 3 aliphatic heterocycles. The van der Waals surface area contributed by atoms with E-state index in [0.717, 1.165) is 112 Å². The van der Waals surface area contributed by atoms with Crippen molar-refractivity contribution < 1.29 is 106 Å². The van der Waals surface area contributed by atoms with Crippen LogP contribution >= 0.6 is 34.0 Å². The largest absolute Gasteiger partial charge is 0.476 e. The van der Waals surface area contributed by atoms with Gasteiger partial charge in [0, 0.05) is 73.8 Å². The number of likely N-dealkylation sites (tertiary alicyclic amines) is 3. The number of hydrogen-bond donors (Lipinski definition) is 7. The highest BCUT2D eigenvalue weighted by atomic mass is 32.1. The van der Waals surface area contributed by atoms with E-state index in [1.807, 2.05) is 133 Å². The second kappa shape index (κ2) is 56.0. The number of carbonyl (C=O) groups is 13. The molecule has 0 saturated carbocycles. The fourth-order valence-electron chi connectivity index (χ4n) is 16.1. The molecule has 128 heavy (non-hydrogen) atoms. The second-order valence-electron chi connectivity index (χ2n) is 35.3. The van der Waals surface area contributed by atoms with Crippen molar-refractivity contribution in [1.82, 2.24) is 60.3 Å². The number of carboxylic acid groups (broad SMARTS) is 3. The summed E-state index contributed by atoms with van der Waals surface area (Å²) in [4.78, 5) is 190. The number of thiazole rings is 3. The van der Waals surface area contributed by atoms with Gasteiger partial charge in [-0.1, -0.05) is 156 Å². The lowest BCUT2D eigenvalue weighted by Gasteiger charge is -2.41. The molecule has 3 fully saturated rings. The van der Waals surface area contributed by atoms with Crippen molar-refractivity contribution in [3.8, 4) is 0 Å². The summed E-state index contributed by atoms with van der Waals surface area (Å²) < 4.78 is 29.1. The molecule has 3 aliphatic rings. The quantitative estimate of drug-likeness (QED) is 0.0119. The molecule has 3 aromatic heterocycles. The Morgan fingerprint density at radius 2 is 0.750 bits per heavy atom. The third-order valence-electron chi connectivity index (χ3n) is 25.0. The first kappa shape index (κ1) is 112. The first-order chi connectivity index (χ1) is 60.4. The molecule has 7 N–H and O–H groups in total. The fraction of sp³-hybridized carbons (Fsp3) is 0.756. The van der Waals surface area contributed by atoms with Crippen molar-refractivity contribution in [2.24, 2.45) is 35.5 Å². The van der Waals surface area contributed by atoms with Crippen molar-refractivity contribution in [3.05, 3.63) is 48.2 Å². The van der Waals surface area contributed by atoms with Gasteiger partial charge in [0.2, 0.25) is 35.4 Å². The van der Waals surface area contributed by atoms with Crippen molar-refractivity contribution in [1.29, 1.82) is 0 Å². The van der Waals surface area contributed by atoms with Crippen LogP contribution in [-0.2, 0) is 71.3 Å². The Labute approximate surface area is 770 Å². The molecular formula is C90H150N12O22S3Si. The zero-order valence-electron chi connectivity index (χ0n) is 79.8. The first-order valence-electron chi connectivity index (χ1n) is 45.9. The highest BCUT2D eigenvalue weighted by Gasteiger charge is 2.45. The number of piperidine rings is 3. The molecule has 3 aromatic rings. The lowest BCUT2D eigenvalue weighted by molar-refractivity contribution is -0.161. The van der Waals surface area contributed by atoms with Gasteiger partial charge in [-0.2, -0.15) is 0 Å². The first-order valence-corrected chi connectivity index (χ1v) is 51.1. The summed E-state index contributed by atoms with van der Waals surface area (Å²) in [5, 5.41) is 53.6. The molecule has 0 radical (unpaired) electrons. The zero-order valence-corrected chi connectivity index (χ0v) is 83.3. The van der Waals surface area contributed by atoms with Gasteiger partial charge >= 0.3 is 41.8 Å². The predicted octanol–water partition coefficient (Wildman–Crippen LogP) is 13.1. The van der Waals surface area contributed by atoms with E-state index in [4.69, 9.17) is 23.4 Å². The third-order valence-corrected chi connectivity index (χ3v) is 32.5. The van der Waals surface area contributed by atoms with Crippen LogP contribution in [-0.4, -0.2) is 266 Å². The SMILES string of the molecule is CCC(C)[C@H](NC(=O)[C@H]1CCCCN1C)C(=O)N(COC(C)=O)[C@H](C[C@@H](O[Si](CC)(CC)CC)c1nc(C(=O)O)cs1)C(C)C.CCCC(=O)OCN(C(=O)[C@@H](NC(=O)[C@H]1CCCCN1C)C(C)CC)[C@H](C[C@@H](O)c1nc(C(=O)O)cs1)C(C)C.CCCC(=O)OCN(C(=O)[C@@H](NC(=O)[C@H]1CCCCN1C)C(C)CC)[C@H](C[C@@H](OC(C)=O)c1nc(C(=O)O)cs1)C(C)C. The third kappa shape index (κ3) is 34.3. The summed E-state index contributed by atoms with van der Waals surface area (Å²) in [7, 11) is 3.55. The maximum atomic E-state index is 14.6. The van der Waals surface area contributed by atoms with Gasteiger partial charge in [0.15, 0.2) is 51.7 Å². The highest BCUT2D eigenvalue weighted by Crippen LogP contribution is 2.39. The summed E-state index contributed by atoms with van der Waals surface area (Å²) in [6.07, 6.45) is 9.32. The molecule has 6 rings (SSSR count). The van der Waals surface area contributed by atoms with Crippen LogP contribution in [0, 0.1) is 35.5 Å². The number of nitrogens with zero attached hydrogens (tertiary/aromatic N) is 9. The lowest BCUT2D eigenvalue weighted by atomic mass is 9.92. The van der Waals surface area contributed by atoms with E-state index in [0.29, 0.717) is 50.0 Å². The van der Waals surface area contributed by atoms with Gasteiger partial charge in [-0.25, -0.2) is 29.3 Å². The number of likely N-dealkylation sites (N-methyl/N-ethyl adjacent to an activating group) is 3. The Bertz CT molecular complexity index is 4020. The molecule has 724 valence electrons. The van der Waals surface area contributed by atoms with E-state index in [1.54, 1.807) is 4.90 Å². The van der Waals surface area contributed by atoms with Crippen molar-refractivity contribution in [2.45, 2.75) is 344 Å². The van der Waals surface area contributed by atoms with Gasteiger partial charge in [0.25, 0.3) is 0 Å². The summed E-state index contributed by atoms with van der Waals surface area (Å²) in [6.45, 7) is 37.3. The molecule has 0 bridgehead atoms. The Hall–Kier alpha value is -7.98.